The van der Waals surface area contributed by atoms with Gasteiger partial charge in [0.1, 0.15) is 4.88 Å². The molecule has 17 heavy (non-hydrogen) atoms. The van der Waals surface area contributed by atoms with E-state index in [1.807, 2.05) is 6.07 Å². The summed E-state index contributed by atoms with van der Waals surface area (Å²) in [5, 5.41) is 6.84. The SMILES string of the molecule is CNC(=O)c1sc(NCCCC(C)C)cc1N. The molecule has 5 heteroatoms. The van der Waals surface area contributed by atoms with Crippen molar-refractivity contribution >= 4 is 27.9 Å². The van der Waals surface area contributed by atoms with Crippen LogP contribution >= 0.6 is 11.3 Å². The molecule has 0 fully saturated rings. The minimum atomic E-state index is -0.122. The molecule has 96 valence electrons. The molecule has 0 bridgehead atoms. The van der Waals surface area contributed by atoms with Crippen LogP contribution in [-0.2, 0) is 0 Å². The van der Waals surface area contributed by atoms with Crippen molar-refractivity contribution in [2.24, 2.45) is 5.92 Å². The maximum absolute atomic E-state index is 11.5. The Balaban J connectivity index is 2.47. The first-order chi connectivity index (χ1) is 8.04. The highest BCUT2D eigenvalue weighted by molar-refractivity contribution is 7.18. The number of hydrogen-bond acceptors (Lipinski definition) is 4. The summed E-state index contributed by atoms with van der Waals surface area (Å²) in [6.45, 7) is 5.35. The molecule has 0 unspecified atom stereocenters. The van der Waals surface area contributed by atoms with Crippen LogP contribution in [0.5, 0.6) is 0 Å². The van der Waals surface area contributed by atoms with Crippen LogP contribution in [0.2, 0.25) is 0 Å². The third-order valence-corrected chi connectivity index (χ3v) is 3.56. The lowest BCUT2D eigenvalue weighted by atomic mass is 10.1. The lowest BCUT2D eigenvalue weighted by Crippen LogP contribution is -2.17. The summed E-state index contributed by atoms with van der Waals surface area (Å²) in [5.74, 6) is 0.606. The Morgan fingerprint density at radius 1 is 1.53 bits per heavy atom. The maximum Gasteiger partial charge on any atom is 0.263 e. The van der Waals surface area contributed by atoms with Crippen molar-refractivity contribution in [1.29, 1.82) is 0 Å². The molecule has 4 nitrogen and oxygen atoms in total. The van der Waals surface area contributed by atoms with Crippen LogP contribution in [0.4, 0.5) is 10.7 Å². The highest BCUT2D eigenvalue weighted by Gasteiger charge is 2.12. The summed E-state index contributed by atoms with van der Waals surface area (Å²) in [7, 11) is 1.61. The molecule has 0 aliphatic rings. The van der Waals surface area contributed by atoms with Crippen LogP contribution in [0.3, 0.4) is 0 Å². The van der Waals surface area contributed by atoms with Crippen LogP contribution in [0, 0.1) is 5.92 Å². The standard InChI is InChI=1S/C12H21N3OS/c1-8(2)5-4-6-15-10-7-9(13)11(17-10)12(16)14-3/h7-8,15H,4-6,13H2,1-3H3,(H,14,16). The number of rotatable bonds is 6. The number of nitrogens with two attached hydrogens (primary N) is 1. The van der Waals surface area contributed by atoms with E-state index in [0.29, 0.717) is 10.6 Å². The molecule has 1 aromatic rings. The molecule has 4 N–H and O–H groups in total. The summed E-state index contributed by atoms with van der Waals surface area (Å²) in [6.07, 6.45) is 2.33. The third kappa shape index (κ3) is 4.26. The van der Waals surface area contributed by atoms with E-state index in [-0.39, 0.29) is 5.91 Å². The molecule has 0 radical (unpaired) electrons. The van der Waals surface area contributed by atoms with Crippen molar-refractivity contribution in [1.82, 2.24) is 5.32 Å². The molecule has 1 heterocycles. The smallest absolute Gasteiger partial charge is 0.263 e. The minimum Gasteiger partial charge on any atom is -0.397 e. The fraction of sp³-hybridized carbons (Fsp3) is 0.583. The van der Waals surface area contributed by atoms with Gasteiger partial charge in [0.05, 0.1) is 10.7 Å². The average Bonchev–Trinajstić information content (AvgIpc) is 2.65. The number of carbonyl (C=O) groups is 1. The van der Waals surface area contributed by atoms with Gasteiger partial charge in [-0.2, -0.15) is 0 Å². The van der Waals surface area contributed by atoms with Gasteiger partial charge in [0.15, 0.2) is 0 Å². The summed E-state index contributed by atoms with van der Waals surface area (Å²) >= 11 is 1.40. The van der Waals surface area contributed by atoms with Gasteiger partial charge in [-0.25, -0.2) is 0 Å². The number of nitrogens with one attached hydrogen (secondary N) is 2. The molecule has 1 amide bonds. The van der Waals surface area contributed by atoms with Gasteiger partial charge in [0.2, 0.25) is 0 Å². The quantitative estimate of drug-likeness (QED) is 0.684. The Morgan fingerprint density at radius 2 is 2.24 bits per heavy atom. The molecule has 0 atom stereocenters. The molecular weight excluding hydrogens is 234 g/mol. The highest BCUT2D eigenvalue weighted by atomic mass is 32.1. The summed E-state index contributed by atoms with van der Waals surface area (Å²) < 4.78 is 0. The number of carbonyl (C=O) groups excluding carboxylic acids is 1. The Labute approximate surface area is 107 Å². The summed E-state index contributed by atoms with van der Waals surface area (Å²) in [4.78, 5) is 12.0. The minimum absolute atomic E-state index is 0.122. The molecule has 0 saturated heterocycles. The van der Waals surface area contributed by atoms with Crippen LogP contribution < -0.4 is 16.4 Å². The van der Waals surface area contributed by atoms with E-state index in [1.54, 1.807) is 7.05 Å². The molecule has 1 aromatic heterocycles. The van der Waals surface area contributed by atoms with E-state index in [1.165, 1.54) is 17.8 Å². The number of nitrogen functional groups attached to an aromatic ring is 1. The number of amides is 1. The first kappa shape index (κ1) is 13.8. The number of thiophene rings is 1. The van der Waals surface area contributed by atoms with Crippen molar-refractivity contribution in [2.45, 2.75) is 26.7 Å². The molecule has 0 aliphatic heterocycles. The Morgan fingerprint density at radius 3 is 2.82 bits per heavy atom. The van der Waals surface area contributed by atoms with Gasteiger partial charge in [-0.3, -0.25) is 4.79 Å². The average molecular weight is 255 g/mol. The first-order valence-corrected chi connectivity index (χ1v) is 6.71. The number of hydrogen-bond donors (Lipinski definition) is 3. The summed E-state index contributed by atoms with van der Waals surface area (Å²) in [6, 6.07) is 1.82. The van der Waals surface area contributed by atoms with E-state index in [9.17, 15) is 4.79 Å². The van der Waals surface area contributed by atoms with Gasteiger partial charge >= 0.3 is 0 Å². The normalized spacial score (nSPS) is 10.6. The monoisotopic (exact) mass is 255 g/mol. The van der Waals surface area contributed by atoms with Crippen LogP contribution in [0.25, 0.3) is 0 Å². The van der Waals surface area contributed by atoms with E-state index in [4.69, 9.17) is 5.73 Å². The second kappa shape index (κ2) is 6.49. The van der Waals surface area contributed by atoms with Gasteiger partial charge in [0, 0.05) is 13.6 Å². The lowest BCUT2D eigenvalue weighted by molar-refractivity contribution is 0.0968. The Bertz CT molecular complexity index is 374. The second-order valence-corrected chi connectivity index (χ2v) is 5.49. The fourth-order valence-corrected chi connectivity index (χ4v) is 2.46. The molecule has 0 aliphatic carbocycles. The van der Waals surface area contributed by atoms with Gasteiger partial charge < -0.3 is 16.4 Å². The Hall–Kier alpha value is -1.23. The Kier molecular flexibility index (Phi) is 5.28. The first-order valence-electron chi connectivity index (χ1n) is 5.89. The zero-order valence-electron chi connectivity index (χ0n) is 10.7. The van der Waals surface area contributed by atoms with Crippen LogP contribution in [0.1, 0.15) is 36.4 Å². The van der Waals surface area contributed by atoms with Gasteiger partial charge in [-0.1, -0.05) is 13.8 Å². The van der Waals surface area contributed by atoms with Crippen LogP contribution in [-0.4, -0.2) is 19.5 Å². The molecule has 0 aromatic carbocycles. The maximum atomic E-state index is 11.5. The predicted molar refractivity (Wildman–Crippen MR) is 74.7 cm³/mol. The van der Waals surface area contributed by atoms with Crippen molar-refractivity contribution in [2.75, 3.05) is 24.6 Å². The van der Waals surface area contributed by atoms with E-state index in [0.717, 1.165) is 23.9 Å². The predicted octanol–water partition coefficient (Wildman–Crippen LogP) is 2.54. The van der Waals surface area contributed by atoms with E-state index < -0.39 is 0 Å². The highest BCUT2D eigenvalue weighted by Crippen LogP contribution is 2.29. The second-order valence-electron chi connectivity index (χ2n) is 4.44. The van der Waals surface area contributed by atoms with Crippen molar-refractivity contribution in [3.8, 4) is 0 Å². The third-order valence-electron chi connectivity index (χ3n) is 2.45. The van der Waals surface area contributed by atoms with E-state index in [2.05, 4.69) is 24.5 Å². The molecule has 1 rings (SSSR count). The molecule has 0 spiro atoms. The van der Waals surface area contributed by atoms with Crippen LogP contribution in [0.15, 0.2) is 6.07 Å². The van der Waals surface area contributed by atoms with Gasteiger partial charge in [-0.15, -0.1) is 11.3 Å². The largest absolute Gasteiger partial charge is 0.397 e. The van der Waals surface area contributed by atoms with Crippen molar-refractivity contribution < 1.29 is 4.79 Å². The zero-order chi connectivity index (χ0) is 12.8. The lowest BCUT2D eigenvalue weighted by Gasteiger charge is -2.05. The fourth-order valence-electron chi connectivity index (χ4n) is 1.51. The topological polar surface area (TPSA) is 67.2 Å². The zero-order valence-corrected chi connectivity index (χ0v) is 11.5. The molecule has 0 saturated carbocycles. The van der Waals surface area contributed by atoms with E-state index >= 15 is 0 Å². The van der Waals surface area contributed by atoms with Gasteiger partial charge in [0.25, 0.3) is 5.91 Å². The number of anilines is 2. The summed E-state index contributed by atoms with van der Waals surface area (Å²) in [5.41, 5.74) is 6.32. The van der Waals surface area contributed by atoms with Crippen molar-refractivity contribution in [3.05, 3.63) is 10.9 Å². The van der Waals surface area contributed by atoms with Crippen molar-refractivity contribution in [3.63, 3.8) is 0 Å². The van der Waals surface area contributed by atoms with Gasteiger partial charge in [-0.05, 0) is 24.8 Å². The molecular formula is C12H21N3OS.